The van der Waals surface area contributed by atoms with E-state index in [1.807, 2.05) is 72.8 Å². The molecular formula is C47H29N3O. The molecule has 2 aromatic heterocycles. The van der Waals surface area contributed by atoms with Crippen LogP contribution in [0.3, 0.4) is 0 Å². The molecule has 4 heteroatoms. The maximum absolute atomic E-state index is 9.19. The lowest BCUT2D eigenvalue weighted by molar-refractivity contribution is 0.669. The standard InChI is InChI=1S/C47H29N3O/c1-3-10-30(11-4-1)37-26-27-42-41(29-37)44-39(16-9-17-43(44)51-42)47-49-45(34-13-5-2-6-14-34)48-46(50-47)35-23-18-31(19-24-35)36-25-22-33-21-20-32-12-7-8-15-38(32)40(33)28-36/h1-29H/i2D,5D,6D,13D,14D,16D,27D. The van der Waals surface area contributed by atoms with Gasteiger partial charge in [-0.15, -0.1) is 0 Å². The average Bonchev–Trinajstić information content (AvgIpc) is 3.64. The van der Waals surface area contributed by atoms with Crippen LogP contribution in [-0.4, -0.2) is 15.0 Å². The number of rotatable bonds is 5. The van der Waals surface area contributed by atoms with Crippen molar-refractivity contribution in [3.63, 3.8) is 0 Å². The molecule has 0 aliphatic carbocycles. The van der Waals surface area contributed by atoms with Gasteiger partial charge in [0.05, 0.1) is 9.60 Å². The minimum atomic E-state index is -0.533. The molecule has 2 heterocycles. The number of hydrogen-bond acceptors (Lipinski definition) is 4. The van der Waals surface area contributed by atoms with Gasteiger partial charge in [-0.3, -0.25) is 0 Å². The lowest BCUT2D eigenvalue weighted by Gasteiger charge is -2.10. The first-order valence-corrected chi connectivity index (χ1v) is 16.5. The molecule has 0 fully saturated rings. The fourth-order valence-electron chi connectivity index (χ4n) is 6.75. The molecule has 4 nitrogen and oxygen atoms in total. The van der Waals surface area contributed by atoms with Crippen molar-refractivity contribution in [3.8, 4) is 56.4 Å². The molecule has 0 amide bonds. The molecule has 0 saturated carbocycles. The molecule has 0 radical (unpaired) electrons. The van der Waals surface area contributed by atoms with E-state index in [2.05, 4.69) is 42.5 Å². The van der Waals surface area contributed by atoms with Crippen LogP contribution >= 0.6 is 0 Å². The molecular weight excluding hydrogens is 623 g/mol. The Labute approximate surface area is 304 Å². The summed E-state index contributed by atoms with van der Waals surface area (Å²) in [5.41, 5.74) is 5.11. The summed E-state index contributed by atoms with van der Waals surface area (Å²) >= 11 is 0. The summed E-state index contributed by atoms with van der Waals surface area (Å²) in [4.78, 5) is 14.4. The van der Waals surface area contributed by atoms with E-state index in [9.17, 15) is 1.37 Å². The smallest absolute Gasteiger partial charge is 0.164 e. The highest BCUT2D eigenvalue weighted by Gasteiger charge is 2.18. The van der Waals surface area contributed by atoms with Crippen LogP contribution < -0.4 is 0 Å². The fraction of sp³-hybridized carbons (Fsp3) is 0. The van der Waals surface area contributed by atoms with Crippen LogP contribution in [0, 0.1) is 0 Å². The largest absolute Gasteiger partial charge is 0.456 e. The summed E-state index contributed by atoms with van der Waals surface area (Å²) in [6.07, 6.45) is 0. The molecule has 0 aliphatic rings. The number of fused-ring (bicyclic) bond motifs is 6. The van der Waals surface area contributed by atoms with Gasteiger partial charge in [0.15, 0.2) is 17.5 Å². The SMILES string of the molecule is [2H]c1ccc2oc3c([2H])cc(-c4ccccc4)cc3c2c1-c1nc(-c2ccc(-c3ccc4ccc5ccccc5c4c3)cc2)nc(-c2c([2H])c([2H])c([2H])c([2H])c2[2H])n1. The molecule has 0 saturated heterocycles. The van der Waals surface area contributed by atoms with E-state index in [-0.39, 0.29) is 40.7 Å². The molecule has 51 heavy (non-hydrogen) atoms. The van der Waals surface area contributed by atoms with E-state index >= 15 is 0 Å². The second-order valence-electron chi connectivity index (χ2n) is 12.3. The minimum absolute atomic E-state index is 0.0484. The lowest BCUT2D eigenvalue weighted by atomic mass is 9.97. The zero-order valence-corrected chi connectivity index (χ0v) is 27.0. The second kappa shape index (κ2) is 11.9. The van der Waals surface area contributed by atoms with Crippen molar-refractivity contribution >= 4 is 43.5 Å². The van der Waals surface area contributed by atoms with Gasteiger partial charge in [-0.2, -0.15) is 0 Å². The highest BCUT2D eigenvalue weighted by atomic mass is 16.3. The van der Waals surface area contributed by atoms with E-state index in [1.165, 1.54) is 5.39 Å². The van der Waals surface area contributed by atoms with Gasteiger partial charge in [0.1, 0.15) is 11.2 Å². The van der Waals surface area contributed by atoms with Crippen molar-refractivity contribution in [3.05, 3.63) is 176 Å². The molecule has 238 valence electrons. The summed E-state index contributed by atoms with van der Waals surface area (Å²) in [7, 11) is 0. The number of nitrogens with zero attached hydrogens (tertiary/aromatic N) is 3. The van der Waals surface area contributed by atoms with Crippen molar-refractivity contribution in [2.24, 2.45) is 0 Å². The maximum atomic E-state index is 9.19. The van der Waals surface area contributed by atoms with E-state index in [1.54, 1.807) is 18.2 Å². The first-order valence-electron chi connectivity index (χ1n) is 20.0. The van der Waals surface area contributed by atoms with Crippen LogP contribution in [-0.2, 0) is 0 Å². The average molecular weight is 659 g/mol. The zero-order valence-electron chi connectivity index (χ0n) is 34.0. The third-order valence-corrected chi connectivity index (χ3v) is 9.26. The molecule has 0 N–H and O–H groups in total. The predicted octanol–water partition coefficient (Wildman–Crippen LogP) is 12.4. The van der Waals surface area contributed by atoms with Crippen LogP contribution in [0.15, 0.2) is 180 Å². The first kappa shape index (κ1) is 22.7. The Balaban J connectivity index is 1.18. The Morgan fingerprint density at radius 2 is 1.02 bits per heavy atom. The maximum Gasteiger partial charge on any atom is 0.164 e. The predicted molar refractivity (Wildman–Crippen MR) is 209 cm³/mol. The summed E-state index contributed by atoms with van der Waals surface area (Å²) in [5, 5.41) is 5.71. The Bertz CT molecular complexity index is 3280. The van der Waals surface area contributed by atoms with Gasteiger partial charge in [-0.05, 0) is 68.0 Å². The topological polar surface area (TPSA) is 51.8 Å². The molecule has 10 aromatic rings. The van der Waals surface area contributed by atoms with Gasteiger partial charge in [-0.25, -0.2) is 15.0 Å². The van der Waals surface area contributed by atoms with E-state index in [0.29, 0.717) is 27.5 Å². The van der Waals surface area contributed by atoms with Crippen molar-refractivity contribution in [1.29, 1.82) is 0 Å². The summed E-state index contributed by atoms with van der Waals surface area (Å²) in [6, 6.07) is 40.9. The lowest BCUT2D eigenvalue weighted by Crippen LogP contribution is -2.00. The number of benzene rings is 8. The van der Waals surface area contributed by atoms with Crippen LogP contribution in [0.1, 0.15) is 9.60 Å². The van der Waals surface area contributed by atoms with Gasteiger partial charge < -0.3 is 4.42 Å². The van der Waals surface area contributed by atoms with Crippen LogP contribution in [0.2, 0.25) is 0 Å². The zero-order chi connectivity index (χ0) is 39.8. The van der Waals surface area contributed by atoms with Crippen LogP contribution in [0.25, 0.3) is 99.9 Å². The van der Waals surface area contributed by atoms with Gasteiger partial charge in [0, 0.05) is 27.5 Å². The molecule has 8 aromatic carbocycles. The van der Waals surface area contributed by atoms with Crippen LogP contribution in [0.5, 0.6) is 0 Å². The monoisotopic (exact) mass is 658 g/mol. The molecule has 0 bridgehead atoms. The van der Waals surface area contributed by atoms with Gasteiger partial charge >= 0.3 is 0 Å². The Kier molecular flexibility index (Phi) is 5.29. The number of furan rings is 1. The Hall–Kier alpha value is -6.91. The van der Waals surface area contributed by atoms with E-state index < -0.39 is 30.2 Å². The normalized spacial score (nSPS) is 13.5. The Morgan fingerprint density at radius 1 is 0.392 bits per heavy atom. The second-order valence-corrected chi connectivity index (χ2v) is 12.3. The first-order chi connectivity index (χ1) is 28.1. The minimum Gasteiger partial charge on any atom is -0.456 e. The third-order valence-electron chi connectivity index (χ3n) is 9.26. The highest BCUT2D eigenvalue weighted by Crippen LogP contribution is 2.39. The molecule has 0 aliphatic heterocycles. The van der Waals surface area contributed by atoms with Crippen molar-refractivity contribution < 1.29 is 14.0 Å². The highest BCUT2D eigenvalue weighted by molar-refractivity contribution is 6.13. The van der Waals surface area contributed by atoms with E-state index in [0.717, 1.165) is 38.4 Å². The van der Waals surface area contributed by atoms with Crippen molar-refractivity contribution in [2.45, 2.75) is 0 Å². The molecule has 0 unspecified atom stereocenters. The molecule has 0 spiro atoms. The van der Waals surface area contributed by atoms with Gasteiger partial charge in [-0.1, -0.05) is 152 Å². The summed E-state index contributed by atoms with van der Waals surface area (Å²) in [6.45, 7) is 0. The van der Waals surface area contributed by atoms with Crippen LogP contribution in [0.4, 0.5) is 0 Å². The van der Waals surface area contributed by atoms with Crippen molar-refractivity contribution in [2.75, 3.05) is 0 Å². The fourth-order valence-corrected chi connectivity index (χ4v) is 6.75. The van der Waals surface area contributed by atoms with Gasteiger partial charge in [0.2, 0.25) is 0 Å². The molecule has 0 atom stereocenters. The van der Waals surface area contributed by atoms with Gasteiger partial charge in [0.25, 0.3) is 0 Å². The summed E-state index contributed by atoms with van der Waals surface area (Å²) in [5.74, 6) is 0.0864. The van der Waals surface area contributed by atoms with Crippen molar-refractivity contribution in [1.82, 2.24) is 15.0 Å². The molecule has 10 rings (SSSR count). The quantitative estimate of drug-likeness (QED) is 0.173. The number of aromatic nitrogens is 3. The number of hydrogen-bond donors (Lipinski definition) is 0. The Morgan fingerprint density at radius 3 is 1.86 bits per heavy atom. The third kappa shape index (κ3) is 5.13. The summed E-state index contributed by atoms with van der Waals surface area (Å²) < 4.78 is 66.9. The van der Waals surface area contributed by atoms with E-state index in [4.69, 9.17) is 27.6 Å².